The Balaban J connectivity index is 1.71. The highest BCUT2D eigenvalue weighted by molar-refractivity contribution is 5.96. The van der Waals surface area contributed by atoms with Gasteiger partial charge in [0.05, 0.1) is 30.5 Å². The molecule has 21 heavy (non-hydrogen) atoms. The summed E-state index contributed by atoms with van der Waals surface area (Å²) in [5, 5.41) is 2.83. The Kier molecular flexibility index (Phi) is 3.39. The lowest BCUT2D eigenvalue weighted by atomic mass is 10.2. The van der Waals surface area contributed by atoms with Gasteiger partial charge in [-0.2, -0.15) is 0 Å². The topological polar surface area (TPSA) is 77.6 Å². The first-order valence-corrected chi connectivity index (χ1v) is 6.73. The largest absolute Gasteiger partial charge is 0.346 e. The van der Waals surface area contributed by atoms with Crippen molar-refractivity contribution in [2.45, 2.75) is 20.0 Å². The van der Waals surface area contributed by atoms with E-state index in [1.807, 2.05) is 29.3 Å². The minimum atomic E-state index is -0.180. The fraction of sp³-hybridized carbons (Fsp3) is 0.286. The minimum absolute atomic E-state index is 0.180. The fourth-order valence-electron chi connectivity index (χ4n) is 2.08. The van der Waals surface area contributed by atoms with Gasteiger partial charge in [0.25, 0.3) is 5.91 Å². The lowest BCUT2D eigenvalue weighted by Gasteiger charge is -2.03. The number of imidazole rings is 2. The Morgan fingerprint density at radius 3 is 2.90 bits per heavy atom. The number of fused-ring (bicyclic) bond motifs is 1. The third-order valence-electron chi connectivity index (χ3n) is 3.30. The summed E-state index contributed by atoms with van der Waals surface area (Å²) < 4.78 is 3.78. The van der Waals surface area contributed by atoms with Crippen LogP contribution in [0.2, 0.25) is 0 Å². The molecule has 3 aromatic rings. The van der Waals surface area contributed by atoms with E-state index in [-0.39, 0.29) is 5.91 Å². The number of pyridine rings is 1. The number of carbonyl (C=O) groups excluding carboxylic acids is 1. The van der Waals surface area contributed by atoms with E-state index in [0.29, 0.717) is 17.6 Å². The monoisotopic (exact) mass is 284 g/mol. The Morgan fingerprint density at radius 2 is 2.14 bits per heavy atom. The molecule has 3 heterocycles. The maximum absolute atomic E-state index is 12.1. The lowest BCUT2D eigenvalue weighted by Crippen LogP contribution is -2.23. The maximum atomic E-state index is 12.1. The van der Waals surface area contributed by atoms with Gasteiger partial charge in [-0.3, -0.25) is 4.79 Å². The molecular formula is C14H16N6O. The lowest BCUT2D eigenvalue weighted by molar-refractivity contribution is 0.0950. The molecule has 0 fully saturated rings. The summed E-state index contributed by atoms with van der Waals surface area (Å²) in [5.41, 5.74) is 2.79. The molecule has 0 atom stereocenters. The highest BCUT2D eigenvalue weighted by atomic mass is 16.1. The quantitative estimate of drug-likeness (QED) is 0.778. The summed E-state index contributed by atoms with van der Waals surface area (Å²) >= 11 is 0. The van der Waals surface area contributed by atoms with Crippen molar-refractivity contribution in [3.63, 3.8) is 0 Å². The molecular weight excluding hydrogens is 268 g/mol. The van der Waals surface area contributed by atoms with Crippen LogP contribution in [0.1, 0.15) is 23.0 Å². The van der Waals surface area contributed by atoms with Crippen LogP contribution < -0.4 is 5.32 Å². The molecule has 1 amide bonds. The molecule has 1 N–H and O–H groups in total. The molecule has 0 aliphatic rings. The van der Waals surface area contributed by atoms with E-state index in [9.17, 15) is 4.79 Å². The number of hydrogen-bond acceptors (Lipinski definition) is 4. The molecule has 0 radical (unpaired) electrons. The second kappa shape index (κ2) is 5.35. The van der Waals surface area contributed by atoms with Gasteiger partial charge in [-0.15, -0.1) is 0 Å². The molecule has 0 aromatic carbocycles. The first kappa shape index (κ1) is 13.3. The molecule has 0 aliphatic heterocycles. The van der Waals surface area contributed by atoms with Gasteiger partial charge in [-0.25, -0.2) is 15.0 Å². The zero-order valence-corrected chi connectivity index (χ0v) is 11.9. The Morgan fingerprint density at radius 1 is 1.29 bits per heavy atom. The number of aryl methyl sites for hydroxylation is 2. The zero-order chi connectivity index (χ0) is 14.8. The maximum Gasteiger partial charge on any atom is 0.253 e. The van der Waals surface area contributed by atoms with Gasteiger partial charge < -0.3 is 14.5 Å². The first-order chi connectivity index (χ1) is 10.2. The number of hydrogen-bond donors (Lipinski definition) is 1. The average Bonchev–Trinajstić information content (AvgIpc) is 3.11. The van der Waals surface area contributed by atoms with E-state index in [0.717, 1.165) is 17.9 Å². The van der Waals surface area contributed by atoms with Crippen molar-refractivity contribution in [1.82, 2.24) is 29.4 Å². The van der Waals surface area contributed by atoms with Crippen molar-refractivity contribution >= 4 is 17.1 Å². The number of aromatic nitrogens is 5. The van der Waals surface area contributed by atoms with Gasteiger partial charge in [-0.1, -0.05) is 0 Å². The second-order valence-electron chi connectivity index (χ2n) is 4.80. The highest BCUT2D eigenvalue weighted by Crippen LogP contribution is 2.10. The number of nitrogens with one attached hydrogen (secondary N) is 1. The summed E-state index contributed by atoms with van der Waals surface area (Å²) in [4.78, 5) is 24.8. The van der Waals surface area contributed by atoms with Gasteiger partial charge in [0.1, 0.15) is 5.52 Å². The zero-order valence-electron chi connectivity index (χ0n) is 11.9. The van der Waals surface area contributed by atoms with E-state index < -0.39 is 0 Å². The van der Waals surface area contributed by atoms with Gasteiger partial charge in [0.2, 0.25) is 0 Å². The smallest absolute Gasteiger partial charge is 0.253 e. The summed E-state index contributed by atoms with van der Waals surface area (Å²) in [7, 11) is 1.87. The summed E-state index contributed by atoms with van der Waals surface area (Å²) in [5.74, 6) is -0.180. The number of amides is 1. The summed E-state index contributed by atoms with van der Waals surface area (Å²) in [6.07, 6.45) is 6.91. The summed E-state index contributed by atoms with van der Waals surface area (Å²) in [6.45, 7) is 3.30. The Bertz CT molecular complexity index is 788. The average molecular weight is 284 g/mol. The molecule has 0 spiro atoms. The SMILES string of the molecule is CCn1cnc(CNC(=O)c2cnc3c(c2)ncn3C)c1. The van der Waals surface area contributed by atoms with E-state index in [1.165, 1.54) is 0 Å². The predicted octanol–water partition coefficient (Wildman–Crippen LogP) is 1.11. The van der Waals surface area contributed by atoms with Crippen LogP contribution in [0.5, 0.6) is 0 Å². The van der Waals surface area contributed by atoms with Crippen molar-refractivity contribution in [1.29, 1.82) is 0 Å². The predicted molar refractivity (Wildman–Crippen MR) is 77.6 cm³/mol. The molecule has 3 rings (SSSR count). The molecule has 3 aromatic heterocycles. The van der Waals surface area contributed by atoms with Crippen LogP contribution >= 0.6 is 0 Å². The van der Waals surface area contributed by atoms with Crippen LogP contribution in [0.3, 0.4) is 0 Å². The summed E-state index contributed by atoms with van der Waals surface area (Å²) in [6, 6.07) is 1.74. The van der Waals surface area contributed by atoms with Crippen LogP contribution in [0.15, 0.2) is 31.1 Å². The van der Waals surface area contributed by atoms with Gasteiger partial charge in [-0.05, 0) is 13.0 Å². The molecule has 0 saturated heterocycles. The van der Waals surface area contributed by atoms with E-state index >= 15 is 0 Å². The van der Waals surface area contributed by atoms with Crippen LogP contribution in [-0.2, 0) is 20.1 Å². The standard InChI is InChI=1S/C14H16N6O/c1-3-20-7-11(17-9-20)6-16-14(21)10-4-12-13(15-5-10)19(2)8-18-12/h4-5,7-9H,3,6H2,1-2H3,(H,16,21). The third kappa shape index (κ3) is 2.62. The van der Waals surface area contributed by atoms with Gasteiger partial charge in [0.15, 0.2) is 5.65 Å². The minimum Gasteiger partial charge on any atom is -0.346 e. The normalized spacial score (nSPS) is 11.0. The van der Waals surface area contributed by atoms with Crippen molar-refractivity contribution in [3.05, 3.63) is 42.4 Å². The highest BCUT2D eigenvalue weighted by Gasteiger charge is 2.10. The van der Waals surface area contributed by atoms with Crippen LogP contribution in [-0.4, -0.2) is 30.0 Å². The van der Waals surface area contributed by atoms with Crippen LogP contribution in [0, 0.1) is 0 Å². The number of carbonyl (C=O) groups is 1. The van der Waals surface area contributed by atoms with Crippen molar-refractivity contribution < 1.29 is 4.79 Å². The number of rotatable bonds is 4. The molecule has 0 unspecified atom stereocenters. The molecule has 108 valence electrons. The molecule has 7 nitrogen and oxygen atoms in total. The second-order valence-corrected chi connectivity index (χ2v) is 4.80. The van der Waals surface area contributed by atoms with Gasteiger partial charge >= 0.3 is 0 Å². The van der Waals surface area contributed by atoms with Crippen molar-refractivity contribution in [2.24, 2.45) is 7.05 Å². The van der Waals surface area contributed by atoms with Crippen LogP contribution in [0.4, 0.5) is 0 Å². The first-order valence-electron chi connectivity index (χ1n) is 6.73. The van der Waals surface area contributed by atoms with Crippen LogP contribution in [0.25, 0.3) is 11.2 Å². The molecule has 0 saturated carbocycles. The third-order valence-corrected chi connectivity index (χ3v) is 3.30. The van der Waals surface area contributed by atoms with Gasteiger partial charge in [0, 0.05) is 26.0 Å². The van der Waals surface area contributed by atoms with E-state index in [1.54, 1.807) is 24.9 Å². The van der Waals surface area contributed by atoms with Crippen molar-refractivity contribution in [3.8, 4) is 0 Å². The van der Waals surface area contributed by atoms with Crippen molar-refractivity contribution in [2.75, 3.05) is 0 Å². The number of nitrogens with zero attached hydrogens (tertiary/aromatic N) is 5. The Labute approximate surface area is 121 Å². The fourth-order valence-corrected chi connectivity index (χ4v) is 2.08. The van der Waals surface area contributed by atoms with E-state index in [4.69, 9.17) is 0 Å². The molecule has 0 aliphatic carbocycles. The molecule has 0 bridgehead atoms. The molecule has 7 heteroatoms. The van der Waals surface area contributed by atoms with E-state index in [2.05, 4.69) is 20.3 Å². The Hall–Kier alpha value is -2.70.